The summed E-state index contributed by atoms with van der Waals surface area (Å²) in [6.07, 6.45) is 4.23. The summed E-state index contributed by atoms with van der Waals surface area (Å²) in [5, 5.41) is 3.51. The molecule has 2 fully saturated rings. The highest BCUT2D eigenvalue weighted by atomic mass is 35.5. The fourth-order valence-electron chi connectivity index (χ4n) is 4.23. The van der Waals surface area contributed by atoms with Crippen LogP contribution >= 0.6 is 11.6 Å². The molecular weight excluding hydrogens is 362 g/mol. The van der Waals surface area contributed by atoms with Gasteiger partial charge < -0.3 is 10.1 Å². The number of fused-ring (bicyclic) bond motifs is 2. The predicted octanol–water partition coefficient (Wildman–Crippen LogP) is 5.47. The number of Topliss-reactive ketones (excluding diaryl/α,β-unsaturated/α-hetero) is 1. The number of ketones is 1. The van der Waals surface area contributed by atoms with Crippen LogP contribution in [0.3, 0.4) is 0 Å². The number of anilines is 1. The molecule has 1 N–H and O–H groups in total. The van der Waals surface area contributed by atoms with Gasteiger partial charge in [-0.1, -0.05) is 36.2 Å². The number of ether oxygens (including phenoxy) is 1. The van der Waals surface area contributed by atoms with Crippen molar-refractivity contribution in [2.45, 2.75) is 32.1 Å². The summed E-state index contributed by atoms with van der Waals surface area (Å²) in [5.41, 5.74) is 0.554. The number of nitrogens with one attached hydrogen (secondary N) is 1. The third-order valence-corrected chi connectivity index (χ3v) is 5.82. The number of rotatable bonds is 4. The molecule has 5 heteroatoms. The van der Waals surface area contributed by atoms with Crippen molar-refractivity contribution in [3.8, 4) is 11.5 Å². The lowest BCUT2D eigenvalue weighted by atomic mass is 9.67. The van der Waals surface area contributed by atoms with Crippen molar-refractivity contribution in [3.63, 3.8) is 0 Å². The molecular formula is C22H22ClNO3. The van der Waals surface area contributed by atoms with Crippen molar-refractivity contribution in [2.24, 2.45) is 17.8 Å². The molecule has 0 heterocycles. The van der Waals surface area contributed by atoms with Gasteiger partial charge in [0, 0.05) is 22.8 Å². The molecule has 140 valence electrons. The summed E-state index contributed by atoms with van der Waals surface area (Å²) >= 11 is 6.13. The Labute approximate surface area is 163 Å². The molecule has 0 aromatic heterocycles. The Kier molecular flexibility index (Phi) is 5.17. The van der Waals surface area contributed by atoms with Crippen LogP contribution in [0.1, 0.15) is 32.1 Å². The van der Waals surface area contributed by atoms with E-state index in [2.05, 4.69) is 5.32 Å². The summed E-state index contributed by atoms with van der Waals surface area (Å²) < 4.78 is 5.92. The van der Waals surface area contributed by atoms with E-state index in [4.69, 9.17) is 16.3 Å². The van der Waals surface area contributed by atoms with Crippen LogP contribution in [0.4, 0.5) is 5.69 Å². The number of hydrogen-bond acceptors (Lipinski definition) is 3. The second-order valence-electron chi connectivity index (χ2n) is 7.44. The van der Waals surface area contributed by atoms with E-state index in [1.54, 1.807) is 18.2 Å². The van der Waals surface area contributed by atoms with Gasteiger partial charge in [-0.3, -0.25) is 9.59 Å². The van der Waals surface area contributed by atoms with Crippen molar-refractivity contribution >= 4 is 29.0 Å². The summed E-state index contributed by atoms with van der Waals surface area (Å²) in [4.78, 5) is 25.2. The van der Waals surface area contributed by atoms with Crippen LogP contribution in [0.15, 0.2) is 48.5 Å². The second kappa shape index (κ2) is 7.73. The minimum absolute atomic E-state index is 0.0488. The zero-order valence-corrected chi connectivity index (χ0v) is 15.7. The van der Waals surface area contributed by atoms with Gasteiger partial charge in [0.15, 0.2) is 5.75 Å². The van der Waals surface area contributed by atoms with Crippen LogP contribution in [0.2, 0.25) is 5.02 Å². The Morgan fingerprint density at radius 1 is 1.04 bits per heavy atom. The quantitative estimate of drug-likeness (QED) is 0.761. The smallest absolute Gasteiger partial charge is 0.227 e. The fourth-order valence-corrected chi connectivity index (χ4v) is 4.40. The topological polar surface area (TPSA) is 55.4 Å². The van der Waals surface area contributed by atoms with Crippen molar-refractivity contribution < 1.29 is 14.3 Å². The van der Waals surface area contributed by atoms with E-state index in [1.807, 2.05) is 30.3 Å². The third-order valence-electron chi connectivity index (χ3n) is 5.59. The lowest BCUT2D eigenvalue weighted by molar-refractivity contribution is -0.136. The fraction of sp³-hybridized carbons (Fsp3) is 0.364. The van der Waals surface area contributed by atoms with E-state index < -0.39 is 0 Å². The van der Waals surface area contributed by atoms with Crippen LogP contribution in [-0.2, 0) is 9.59 Å². The molecule has 2 unspecified atom stereocenters. The van der Waals surface area contributed by atoms with E-state index in [-0.39, 0.29) is 23.7 Å². The van der Waals surface area contributed by atoms with Crippen LogP contribution < -0.4 is 10.1 Å². The van der Waals surface area contributed by atoms with Crippen molar-refractivity contribution in [1.29, 1.82) is 0 Å². The molecule has 0 radical (unpaired) electrons. The van der Waals surface area contributed by atoms with Crippen LogP contribution in [0, 0.1) is 17.8 Å². The van der Waals surface area contributed by atoms with Crippen molar-refractivity contribution in [2.75, 3.05) is 5.32 Å². The Balaban J connectivity index is 1.51. The Hall–Kier alpha value is -2.33. The minimum Gasteiger partial charge on any atom is -0.455 e. The number of para-hydroxylation sites is 1. The molecule has 2 saturated carbocycles. The summed E-state index contributed by atoms with van der Waals surface area (Å²) in [5.74, 6) is 1.50. The van der Waals surface area contributed by atoms with E-state index in [0.717, 1.165) is 19.3 Å². The number of benzene rings is 2. The number of carbonyl (C=O) groups is 2. The van der Waals surface area contributed by atoms with E-state index in [9.17, 15) is 9.59 Å². The first-order chi connectivity index (χ1) is 13.1. The summed E-state index contributed by atoms with van der Waals surface area (Å²) in [6.45, 7) is 0. The van der Waals surface area contributed by atoms with Gasteiger partial charge in [0.25, 0.3) is 0 Å². The molecule has 2 aromatic rings. The second-order valence-corrected chi connectivity index (χ2v) is 7.88. The molecule has 2 atom stereocenters. The largest absolute Gasteiger partial charge is 0.455 e. The molecule has 0 spiro atoms. The molecule has 2 aromatic carbocycles. The molecule has 2 aliphatic carbocycles. The van der Waals surface area contributed by atoms with E-state index in [0.29, 0.717) is 40.8 Å². The third kappa shape index (κ3) is 4.01. The number of amides is 1. The van der Waals surface area contributed by atoms with E-state index in [1.165, 1.54) is 0 Å². The van der Waals surface area contributed by atoms with Gasteiger partial charge in [-0.25, -0.2) is 0 Å². The monoisotopic (exact) mass is 383 g/mol. The van der Waals surface area contributed by atoms with E-state index >= 15 is 0 Å². The Morgan fingerprint density at radius 2 is 1.74 bits per heavy atom. The maximum Gasteiger partial charge on any atom is 0.227 e. The normalized spacial score (nSPS) is 24.3. The molecule has 0 aliphatic heterocycles. The first-order valence-electron chi connectivity index (χ1n) is 9.47. The van der Waals surface area contributed by atoms with Gasteiger partial charge in [0.2, 0.25) is 5.91 Å². The minimum atomic E-state index is -0.137. The van der Waals surface area contributed by atoms with Crippen LogP contribution in [0.5, 0.6) is 11.5 Å². The molecule has 2 aliphatic rings. The lowest BCUT2D eigenvalue weighted by Gasteiger charge is -2.37. The maximum absolute atomic E-state index is 12.9. The van der Waals surface area contributed by atoms with Gasteiger partial charge in [-0.2, -0.15) is 0 Å². The Bertz CT molecular complexity index is 836. The standard InChI is InChI=1S/C22H22ClNO3/c23-17-9-10-20(27-18-7-2-1-3-8-18)19(13-17)24-22(26)16-11-14-5-4-6-15(12-16)21(14)25/h1-3,7-10,13-16H,4-6,11-12H2,(H,24,26). The molecule has 2 bridgehead atoms. The van der Waals surface area contributed by atoms with Crippen LogP contribution in [-0.4, -0.2) is 11.7 Å². The predicted molar refractivity (Wildman–Crippen MR) is 105 cm³/mol. The lowest BCUT2D eigenvalue weighted by Crippen LogP contribution is -2.40. The SMILES string of the molecule is O=C(Nc1cc(Cl)ccc1Oc1ccccc1)C1CC2CCCC(C1)C2=O. The first-order valence-corrected chi connectivity index (χ1v) is 9.85. The molecule has 4 rings (SSSR count). The molecule has 4 nitrogen and oxygen atoms in total. The van der Waals surface area contributed by atoms with Crippen molar-refractivity contribution in [1.82, 2.24) is 0 Å². The van der Waals surface area contributed by atoms with Gasteiger partial charge in [-0.05, 0) is 56.0 Å². The van der Waals surface area contributed by atoms with Gasteiger partial charge in [-0.15, -0.1) is 0 Å². The number of halogens is 1. The number of hydrogen-bond donors (Lipinski definition) is 1. The highest BCUT2D eigenvalue weighted by Crippen LogP contribution is 2.41. The van der Waals surface area contributed by atoms with Crippen molar-refractivity contribution in [3.05, 3.63) is 53.6 Å². The molecule has 1 amide bonds. The number of carbonyl (C=O) groups excluding carboxylic acids is 2. The molecule has 0 saturated heterocycles. The van der Waals surface area contributed by atoms with Gasteiger partial charge in [0.05, 0.1) is 5.69 Å². The molecule has 27 heavy (non-hydrogen) atoms. The van der Waals surface area contributed by atoms with Crippen LogP contribution in [0.25, 0.3) is 0 Å². The summed E-state index contributed by atoms with van der Waals surface area (Å²) in [7, 11) is 0. The zero-order chi connectivity index (χ0) is 18.8. The maximum atomic E-state index is 12.9. The summed E-state index contributed by atoms with van der Waals surface area (Å²) in [6, 6.07) is 14.6. The highest BCUT2D eigenvalue weighted by Gasteiger charge is 2.41. The average molecular weight is 384 g/mol. The van der Waals surface area contributed by atoms with Gasteiger partial charge >= 0.3 is 0 Å². The van der Waals surface area contributed by atoms with Gasteiger partial charge in [0.1, 0.15) is 11.5 Å². The average Bonchev–Trinajstić information content (AvgIpc) is 2.64. The first kappa shape index (κ1) is 18.1. The zero-order valence-electron chi connectivity index (χ0n) is 15.0. The Morgan fingerprint density at radius 3 is 2.44 bits per heavy atom. The highest BCUT2D eigenvalue weighted by molar-refractivity contribution is 6.31.